The molecule has 5 nitrogen and oxygen atoms in total. The van der Waals surface area contributed by atoms with Crippen LogP contribution in [0.5, 0.6) is 5.75 Å². The molecule has 1 fully saturated rings. The summed E-state index contributed by atoms with van der Waals surface area (Å²) in [6, 6.07) is 31.9. The van der Waals surface area contributed by atoms with Gasteiger partial charge in [-0.1, -0.05) is 91.6 Å². The van der Waals surface area contributed by atoms with E-state index in [1.165, 1.54) is 59.9 Å². The van der Waals surface area contributed by atoms with Gasteiger partial charge in [0.15, 0.2) is 0 Å². The summed E-state index contributed by atoms with van der Waals surface area (Å²) in [7, 11) is 0. The lowest BCUT2D eigenvalue weighted by Gasteiger charge is -2.22. The highest BCUT2D eigenvalue weighted by molar-refractivity contribution is 5.67. The number of hydrogen-bond acceptors (Lipinski definition) is 4. The number of benzene rings is 3. The quantitative estimate of drug-likeness (QED) is 0.221. The van der Waals surface area contributed by atoms with Crippen molar-refractivity contribution >= 4 is 6.41 Å². The molecule has 1 amide bonds. The molecule has 1 saturated carbocycles. The van der Waals surface area contributed by atoms with Crippen LogP contribution in [0.3, 0.4) is 0 Å². The molecule has 1 aliphatic rings. The van der Waals surface area contributed by atoms with Gasteiger partial charge in [0.05, 0.1) is 12.2 Å². The van der Waals surface area contributed by atoms with Gasteiger partial charge in [0.2, 0.25) is 6.41 Å². The number of nitrogens with zero attached hydrogens (tertiary/aromatic N) is 1. The van der Waals surface area contributed by atoms with Crippen LogP contribution >= 0.6 is 0 Å². The molecule has 0 spiro atoms. The maximum absolute atomic E-state index is 9.84. The maximum atomic E-state index is 9.84. The Balaban J connectivity index is 0.000000298. The van der Waals surface area contributed by atoms with Crippen LogP contribution in [0.15, 0.2) is 97.2 Å². The number of amides is 1. The minimum atomic E-state index is 0.504. The van der Waals surface area contributed by atoms with Crippen molar-refractivity contribution in [3.63, 3.8) is 0 Å². The lowest BCUT2D eigenvalue weighted by Crippen LogP contribution is -2.30. The van der Waals surface area contributed by atoms with Crippen molar-refractivity contribution in [3.05, 3.63) is 120 Å². The molecule has 5 rings (SSSR count). The van der Waals surface area contributed by atoms with E-state index in [0.717, 1.165) is 18.0 Å². The SMILES string of the molecule is Cc1ccc(-c2ccccc2)c(COc2ccc(CNC3CCCCC3)cc2)c1.O=CNCc1ccccn1. The molecule has 0 unspecified atom stereocenters. The van der Waals surface area contributed by atoms with E-state index in [9.17, 15) is 4.79 Å². The maximum Gasteiger partial charge on any atom is 0.207 e. The second kappa shape index (κ2) is 15.5. The molecule has 0 bridgehead atoms. The minimum Gasteiger partial charge on any atom is -0.489 e. The van der Waals surface area contributed by atoms with Gasteiger partial charge in [-0.25, -0.2) is 0 Å². The predicted molar refractivity (Wildman–Crippen MR) is 158 cm³/mol. The van der Waals surface area contributed by atoms with Crippen molar-refractivity contribution in [1.82, 2.24) is 15.6 Å². The summed E-state index contributed by atoms with van der Waals surface area (Å²) >= 11 is 0. The molecule has 1 aliphatic carbocycles. The van der Waals surface area contributed by atoms with Gasteiger partial charge in [0, 0.05) is 18.8 Å². The second-order valence-corrected chi connectivity index (χ2v) is 9.99. The standard InChI is InChI=1S/C27H31NO.C7H8N2O/c1-21-12-17-27(23-8-4-2-5-9-23)24(18-21)20-29-26-15-13-22(14-16-26)19-28-25-10-6-3-7-11-25;10-6-8-5-7-3-1-2-4-9-7/h2,4-5,8-9,12-18,25,28H,3,6-7,10-11,19-20H2,1H3;1-4,6H,5H2,(H,8,10). The van der Waals surface area contributed by atoms with Gasteiger partial charge in [0.25, 0.3) is 0 Å². The van der Waals surface area contributed by atoms with E-state index in [1.54, 1.807) is 6.20 Å². The van der Waals surface area contributed by atoms with Crippen molar-refractivity contribution in [1.29, 1.82) is 0 Å². The third-order valence-electron chi connectivity index (χ3n) is 6.96. The molecule has 2 N–H and O–H groups in total. The van der Waals surface area contributed by atoms with Crippen LogP contribution in [0.1, 0.15) is 54.5 Å². The molecule has 0 saturated heterocycles. The zero-order valence-corrected chi connectivity index (χ0v) is 22.8. The first-order chi connectivity index (χ1) is 19.2. The van der Waals surface area contributed by atoms with Crippen LogP contribution in [-0.2, 0) is 24.5 Å². The lowest BCUT2D eigenvalue weighted by molar-refractivity contribution is -0.109. The van der Waals surface area contributed by atoms with Crippen molar-refractivity contribution in [2.75, 3.05) is 0 Å². The monoisotopic (exact) mass is 521 g/mol. The molecular weight excluding hydrogens is 482 g/mol. The Morgan fingerprint density at radius 1 is 0.872 bits per heavy atom. The van der Waals surface area contributed by atoms with Crippen molar-refractivity contribution in [2.24, 2.45) is 0 Å². The third kappa shape index (κ3) is 9.38. The van der Waals surface area contributed by atoms with Crippen LogP contribution < -0.4 is 15.4 Å². The Morgan fingerprint density at radius 3 is 2.36 bits per heavy atom. The molecule has 202 valence electrons. The van der Waals surface area contributed by atoms with E-state index >= 15 is 0 Å². The summed E-state index contributed by atoms with van der Waals surface area (Å²) < 4.78 is 6.14. The average molecular weight is 522 g/mol. The molecule has 3 aromatic carbocycles. The Kier molecular flexibility index (Phi) is 11.1. The number of pyridine rings is 1. The van der Waals surface area contributed by atoms with E-state index in [1.807, 2.05) is 18.2 Å². The molecule has 1 heterocycles. The molecule has 0 atom stereocenters. The fourth-order valence-corrected chi connectivity index (χ4v) is 4.82. The molecule has 5 heteroatoms. The van der Waals surface area contributed by atoms with Gasteiger partial charge in [-0.2, -0.15) is 0 Å². The van der Waals surface area contributed by atoms with Crippen LogP contribution in [0.25, 0.3) is 11.1 Å². The van der Waals surface area contributed by atoms with Gasteiger partial charge in [-0.15, -0.1) is 0 Å². The highest BCUT2D eigenvalue weighted by Gasteiger charge is 2.12. The first kappa shape index (κ1) is 28.1. The highest BCUT2D eigenvalue weighted by atomic mass is 16.5. The van der Waals surface area contributed by atoms with Crippen LogP contribution in [-0.4, -0.2) is 17.4 Å². The van der Waals surface area contributed by atoms with Gasteiger partial charge >= 0.3 is 0 Å². The molecule has 39 heavy (non-hydrogen) atoms. The fraction of sp³-hybridized carbons (Fsp3) is 0.294. The summed E-state index contributed by atoms with van der Waals surface area (Å²) in [6.07, 6.45) is 9.14. The first-order valence-corrected chi connectivity index (χ1v) is 13.9. The van der Waals surface area contributed by atoms with E-state index in [4.69, 9.17) is 4.74 Å². The predicted octanol–water partition coefficient (Wildman–Crippen LogP) is 6.99. The smallest absolute Gasteiger partial charge is 0.207 e. The summed E-state index contributed by atoms with van der Waals surface area (Å²) in [5, 5.41) is 6.23. The molecule has 4 aromatic rings. The van der Waals surface area contributed by atoms with Crippen molar-refractivity contribution in [2.45, 2.75) is 64.8 Å². The Bertz CT molecular complexity index is 1250. The van der Waals surface area contributed by atoms with E-state index in [2.05, 4.69) is 95.3 Å². The van der Waals surface area contributed by atoms with Crippen molar-refractivity contribution < 1.29 is 9.53 Å². The van der Waals surface area contributed by atoms with E-state index < -0.39 is 0 Å². The Hall–Kier alpha value is -3.96. The molecule has 0 aliphatic heterocycles. The number of nitrogens with one attached hydrogen (secondary N) is 2. The fourth-order valence-electron chi connectivity index (χ4n) is 4.82. The minimum absolute atomic E-state index is 0.504. The summed E-state index contributed by atoms with van der Waals surface area (Å²) in [4.78, 5) is 13.8. The second-order valence-electron chi connectivity index (χ2n) is 9.99. The lowest BCUT2D eigenvalue weighted by atomic mass is 9.95. The Labute approximate surface area is 232 Å². The number of aromatic nitrogens is 1. The molecule has 1 aromatic heterocycles. The van der Waals surface area contributed by atoms with Crippen LogP contribution in [0.4, 0.5) is 0 Å². The highest BCUT2D eigenvalue weighted by Crippen LogP contribution is 2.26. The first-order valence-electron chi connectivity index (χ1n) is 13.9. The Morgan fingerprint density at radius 2 is 1.64 bits per heavy atom. The summed E-state index contributed by atoms with van der Waals surface area (Å²) in [6.45, 7) is 4.16. The van der Waals surface area contributed by atoms with Gasteiger partial charge in [-0.05, 0) is 66.3 Å². The zero-order valence-electron chi connectivity index (χ0n) is 22.8. The average Bonchev–Trinajstić information content (AvgIpc) is 3.00. The number of ether oxygens (including phenoxy) is 1. The van der Waals surface area contributed by atoms with Crippen LogP contribution in [0, 0.1) is 6.92 Å². The third-order valence-corrected chi connectivity index (χ3v) is 6.96. The van der Waals surface area contributed by atoms with E-state index in [-0.39, 0.29) is 0 Å². The number of rotatable bonds is 10. The normalized spacial score (nSPS) is 13.2. The van der Waals surface area contributed by atoms with Gasteiger partial charge in [0.1, 0.15) is 12.4 Å². The number of aryl methyl sites for hydroxylation is 1. The largest absolute Gasteiger partial charge is 0.489 e. The summed E-state index contributed by atoms with van der Waals surface area (Å²) in [5.41, 5.74) is 7.14. The summed E-state index contributed by atoms with van der Waals surface area (Å²) in [5.74, 6) is 0.923. The number of carbonyl (C=O) groups excluding carboxylic acids is 1. The number of carbonyl (C=O) groups is 1. The zero-order chi connectivity index (χ0) is 27.1. The van der Waals surface area contributed by atoms with E-state index in [0.29, 0.717) is 25.6 Å². The van der Waals surface area contributed by atoms with Gasteiger partial charge in [-0.3, -0.25) is 9.78 Å². The topological polar surface area (TPSA) is 63.2 Å². The van der Waals surface area contributed by atoms with Crippen LogP contribution in [0.2, 0.25) is 0 Å². The van der Waals surface area contributed by atoms with Crippen molar-refractivity contribution in [3.8, 4) is 16.9 Å². The molecular formula is C34H39N3O2. The molecule has 0 radical (unpaired) electrons. The van der Waals surface area contributed by atoms with Gasteiger partial charge < -0.3 is 15.4 Å². The number of hydrogen-bond donors (Lipinski definition) is 2.